The summed E-state index contributed by atoms with van der Waals surface area (Å²) in [4.78, 5) is 35.2. The molecule has 0 atom stereocenters. The Hall–Kier alpha value is -3.13. The second kappa shape index (κ2) is 11.7. The molecule has 9 heteroatoms. The number of nitrogens with one attached hydrogen (secondary N) is 4. The van der Waals surface area contributed by atoms with Crippen LogP contribution in [0.1, 0.15) is 18.4 Å². The molecular formula is C20H22ClFN4O3. The van der Waals surface area contributed by atoms with Crippen LogP contribution in [0.2, 0.25) is 5.02 Å². The Balaban J connectivity index is 1.53. The Morgan fingerprint density at radius 3 is 2.24 bits per heavy atom. The fourth-order valence-electron chi connectivity index (χ4n) is 2.30. The van der Waals surface area contributed by atoms with Gasteiger partial charge in [-0.15, -0.1) is 0 Å². The Morgan fingerprint density at radius 1 is 0.862 bits per heavy atom. The number of halogens is 2. The molecule has 0 saturated carbocycles. The third-order valence-corrected chi connectivity index (χ3v) is 4.06. The topological polar surface area (TPSA) is 99.3 Å². The highest BCUT2D eigenvalue weighted by Gasteiger charge is 2.06. The largest absolute Gasteiger partial charge is 0.355 e. The van der Waals surface area contributed by atoms with Crippen molar-refractivity contribution >= 4 is 35.1 Å². The maximum Gasteiger partial charge on any atom is 0.315 e. The third kappa shape index (κ3) is 9.07. The van der Waals surface area contributed by atoms with Crippen molar-refractivity contribution in [3.63, 3.8) is 0 Å². The summed E-state index contributed by atoms with van der Waals surface area (Å²) in [6, 6.07) is 12.0. The maximum atomic E-state index is 12.8. The Labute approximate surface area is 173 Å². The van der Waals surface area contributed by atoms with Gasteiger partial charge in [0.2, 0.25) is 11.8 Å². The molecule has 0 fully saturated rings. The quantitative estimate of drug-likeness (QED) is 0.469. The number of rotatable bonds is 9. The Morgan fingerprint density at radius 2 is 1.55 bits per heavy atom. The van der Waals surface area contributed by atoms with E-state index in [1.54, 1.807) is 36.4 Å². The van der Waals surface area contributed by atoms with Crippen molar-refractivity contribution in [1.29, 1.82) is 0 Å². The minimum absolute atomic E-state index is 0.167. The van der Waals surface area contributed by atoms with Gasteiger partial charge in [-0.3, -0.25) is 9.59 Å². The van der Waals surface area contributed by atoms with E-state index in [2.05, 4.69) is 21.3 Å². The summed E-state index contributed by atoms with van der Waals surface area (Å²) in [5.74, 6) is -0.878. The molecule has 0 aliphatic rings. The van der Waals surface area contributed by atoms with Crippen molar-refractivity contribution in [1.82, 2.24) is 16.0 Å². The molecule has 4 N–H and O–H groups in total. The predicted molar refractivity (Wildman–Crippen MR) is 109 cm³/mol. The number of amides is 4. The highest BCUT2D eigenvalue weighted by molar-refractivity contribution is 6.30. The third-order valence-electron chi connectivity index (χ3n) is 3.81. The zero-order valence-electron chi connectivity index (χ0n) is 15.6. The molecule has 2 aromatic carbocycles. The van der Waals surface area contributed by atoms with Crippen molar-refractivity contribution < 1.29 is 18.8 Å². The first-order valence-electron chi connectivity index (χ1n) is 9.00. The fourth-order valence-corrected chi connectivity index (χ4v) is 2.43. The van der Waals surface area contributed by atoms with Crippen LogP contribution in [0.5, 0.6) is 0 Å². The second-order valence-corrected chi connectivity index (χ2v) is 6.61. The highest BCUT2D eigenvalue weighted by Crippen LogP contribution is 2.13. The lowest BCUT2D eigenvalue weighted by Crippen LogP contribution is -2.42. The van der Waals surface area contributed by atoms with Crippen LogP contribution in [0.25, 0.3) is 0 Å². The molecule has 4 amide bonds. The summed E-state index contributed by atoms with van der Waals surface area (Å²) in [7, 11) is 0. The molecule has 29 heavy (non-hydrogen) atoms. The van der Waals surface area contributed by atoms with E-state index in [1.807, 2.05) is 0 Å². The molecule has 0 radical (unpaired) electrons. The van der Waals surface area contributed by atoms with E-state index in [9.17, 15) is 18.8 Å². The van der Waals surface area contributed by atoms with E-state index in [0.29, 0.717) is 23.7 Å². The minimum Gasteiger partial charge on any atom is -0.355 e. The Kier molecular flexibility index (Phi) is 8.91. The average molecular weight is 421 g/mol. The summed E-state index contributed by atoms with van der Waals surface area (Å²) >= 11 is 5.78. The molecule has 2 aromatic rings. The lowest BCUT2D eigenvalue weighted by Gasteiger charge is -2.09. The summed E-state index contributed by atoms with van der Waals surface area (Å²) in [6.07, 6.45) is 0.705. The van der Waals surface area contributed by atoms with Gasteiger partial charge in [-0.05, 0) is 48.4 Å². The Bertz CT molecular complexity index is 829. The molecule has 0 spiro atoms. The van der Waals surface area contributed by atoms with Gasteiger partial charge in [-0.2, -0.15) is 0 Å². The van der Waals surface area contributed by atoms with E-state index < -0.39 is 6.03 Å². The van der Waals surface area contributed by atoms with Crippen LogP contribution in [-0.2, 0) is 16.1 Å². The van der Waals surface area contributed by atoms with Gasteiger partial charge in [0, 0.05) is 30.2 Å². The second-order valence-electron chi connectivity index (χ2n) is 6.17. The number of hydrogen-bond donors (Lipinski definition) is 4. The van der Waals surface area contributed by atoms with Crippen molar-refractivity contribution in [3.8, 4) is 0 Å². The number of carbonyl (C=O) groups is 3. The zero-order valence-corrected chi connectivity index (χ0v) is 16.4. The summed E-state index contributed by atoms with van der Waals surface area (Å²) < 4.78 is 12.8. The number of hydrogen-bond acceptors (Lipinski definition) is 3. The standard InChI is InChI=1S/C20H22ClFN4O3/c21-15-5-9-17(10-6-15)26-18(27)2-1-11-23-19(28)13-25-20(29)24-12-14-3-7-16(22)8-4-14/h3-10H,1-2,11-13H2,(H,23,28)(H,26,27)(H2,24,25,29). The first kappa shape index (κ1) is 22.2. The van der Waals surface area contributed by atoms with Crippen molar-refractivity contribution in [2.24, 2.45) is 0 Å². The van der Waals surface area contributed by atoms with Crippen LogP contribution in [0.3, 0.4) is 0 Å². The first-order chi connectivity index (χ1) is 13.9. The number of anilines is 1. The first-order valence-corrected chi connectivity index (χ1v) is 9.38. The van der Waals surface area contributed by atoms with Crippen LogP contribution in [-0.4, -0.2) is 30.9 Å². The van der Waals surface area contributed by atoms with Gasteiger partial charge in [-0.1, -0.05) is 23.7 Å². The molecule has 2 rings (SSSR count). The summed E-state index contributed by atoms with van der Waals surface area (Å²) in [5, 5.41) is 10.9. The van der Waals surface area contributed by atoms with Crippen LogP contribution in [0, 0.1) is 5.82 Å². The molecule has 0 unspecified atom stereocenters. The van der Waals surface area contributed by atoms with Gasteiger partial charge in [0.15, 0.2) is 0 Å². The van der Waals surface area contributed by atoms with E-state index in [0.717, 1.165) is 5.56 Å². The predicted octanol–water partition coefficient (Wildman–Crippen LogP) is 2.81. The summed E-state index contributed by atoms with van der Waals surface area (Å²) in [6.45, 7) is 0.342. The normalized spacial score (nSPS) is 10.1. The zero-order chi connectivity index (χ0) is 21.1. The van der Waals surface area contributed by atoms with E-state index in [1.165, 1.54) is 12.1 Å². The SMILES string of the molecule is O=C(CNC(=O)NCc1ccc(F)cc1)NCCCC(=O)Nc1ccc(Cl)cc1. The van der Waals surface area contributed by atoms with Crippen molar-refractivity contribution in [2.45, 2.75) is 19.4 Å². The van der Waals surface area contributed by atoms with Gasteiger partial charge in [0.05, 0.1) is 6.54 Å². The number of carbonyl (C=O) groups excluding carboxylic acids is 3. The maximum absolute atomic E-state index is 12.8. The van der Waals surface area contributed by atoms with Gasteiger partial charge < -0.3 is 21.3 Å². The lowest BCUT2D eigenvalue weighted by molar-refractivity contribution is -0.120. The molecule has 0 aromatic heterocycles. The van der Waals surface area contributed by atoms with Crippen LogP contribution < -0.4 is 21.3 Å². The molecule has 0 heterocycles. The average Bonchev–Trinajstić information content (AvgIpc) is 2.71. The van der Waals surface area contributed by atoms with Gasteiger partial charge in [0.1, 0.15) is 5.82 Å². The van der Waals surface area contributed by atoms with Gasteiger partial charge in [0.25, 0.3) is 0 Å². The van der Waals surface area contributed by atoms with Crippen LogP contribution >= 0.6 is 11.6 Å². The van der Waals surface area contributed by atoms with Gasteiger partial charge in [-0.25, -0.2) is 9.18 Å². The van der Waals surface area contributed by atoms with Crippen LogP contribution in [0.15, 0.2) is 48.5 Å². The van der Waals surface area contributed by atoms with E-state index in [4.69, 9.17) is 11.6 Å². The molecule has 0 aliphatic carbocycles. The lowest BCUT2D eigenvalue weighted by atomic mass is 10.2. The molecule has 154 valence electrons. The minimum atomic E-state index is -0.508. The van der Waals surface area contributed by atoms with E-state index in [-0.39, 0.29) is 37.1 Å². The fraction of sp³-hybridized carbons (Fsp3) is 0.250. The molecule has 7 nitrogen and oxygen atoms in total. The molecule has 0 saturated heterocycles. The monoisotopic (exact) mass is 420 g/mol. The van der Waals surface area contributed by atoms with Crippen molar-refractivity contribution in [2.75, 3.05) is 18.4 Å². The number of benzene rings is 2. The molecule has 0 bridgehead atoms. The smallest absolute Gasteiger partial charge is 0.315 e. The number of urea groups is 1. The van der Waals surface area contributed by atoms with Gasteiger partial charge >= 0.3 is 6.03 Å². The molecular weight excluding hydrogens is 399 g/mol. The van der Waals surface area contributed by atoms with Crippen LogP contribution in [0.4, 0.5) is 14.9 Å². The molecule has 0 aliphatic heterocycles. The van der Waals surface area contributed by atoms with E-state index >= 15 is 0 Å². The van der Waals surface area contributed by atoms with Crippen molar-refractivity contribution in [3.05, 3.63) is 64.9 Å². The highest BCUT2D eigenvalue weighted by atomic mass is 35.5. The summed E-state index contributed by atoms with van der Waals surface area (Å²) in [5.41, 5.74) is 1.39.